The van der Waals surface area contributed by atoms with E-state index in [1.165, 1.54) is 16.1 Å². The fourth-order valence-corrected chi connectivity index (χ4v) is 5.74. The number of rotatable bonds is 6. The molecule has 0 bridgehead atoms. The number of nitrogens with one attached hydrogen (secondary N) is 1. The number of thioether (sulfide) groups is 1. The molecule has 1 fully saturated rings. The smallest absolute Gasteiger partial charge is 0.243 e. The molecule has 1 aliphatic heterocycles. The van der Waals surface area contributed by atoms with Crippen LogP contribution in [-0.4, -0.2) is 65.4 Å². The van der Waals surface area contributed by atoms with Crippen LogP contribution in [0, 0.1) is 0 Å². The van der Waals surface area contributed by atoms with Crippen molar-refractivity contribution in [1.29, 1.82) is 0 Å². The number of sulfonamides is 1. The number of H-pyrrole nitrogens is 1. The molecule has 2 heterocycles. The van der Waals surface area contributed by atoms with Crippen molar-refractivity contribution in [3.8, 4) is 0 Å². The van der Waals surface area contributed by atoms with Crippen LogP contribution in [0.2, 0.25) is 0 Å². The molecule has 1 aromatic heterocycles. The number of aromatic nitrogens is 2. The molecule has 0 unspecified atom stereocenters. The van der Waals surface area contributed by atoms with Crippen molar-refractivity contribution in [2.45, 2.75) is 17.1 Å². The highest BCUT2D eigenvalue weighted by Crippen LogP contribution is 2.28. The molecule has 1 N–H and O–H groups in total. The van der Waals surface area contributed by atoms with E-state index in [2.05, 4.69) is 9.97 Å². The monoisotopic (exact) mass is 444 g/mol. The highest BCUT2D eigenvalue weighted by atomic mass is 32.2. The molecule has 0 saturated carbocycles. The van der Waals surface area contributed by atoms with Gasteiger partial charge in [0.05, 0.1) is 26.9 Å². The molecule has 30 heavy (non-hydrogen) atoms. The van der Waals surface area contributed by atoms with Gasteiger partial charge in [0.1, 0.15) is 5.82 Å². The van der Waals surface area contributed by atoms with Gasteiger partial charge in [-0.1, -0.05) is 30.3 Å². The lowest BCUT2D eigenvalue weighted by atomic mass is 10.3. The number of para-hydroxylation sites is 2. The van der Waals surface area contributed by atoms with Crippen LogP contribution in [0.3, 0.4) is 0 Å². The zero-order valence-electron chi connectivity index (χ0n) is 16.7. The van der Waals surface area contributed by atoms with Crippen molar-refractivity contribution in [3.05, 3.63) is 60.4 Å². The number of fused-ring (bicyclic) bond motifs is 1. The van der Waals surface area contributed by atoms with Crippen molar-refractivity contribution in [3.63, 3.8) is 0 Å². The van der Waals surface area contributed by atoms with Gasteiger partial charge < -0.3 is 9.88 Å². The van der Waals surface area contributed by atoms with Gasteiger partial charge in [0, 0.05) is 26.2 Å². The molecule has 1 atom stereocenters. The Labute approximate surface area is 180 Å². The molecule has 0 spiro atoms. The van der Waals surface area contributed by atoms with Crippen LogP contribution in [0.15, 0.2) is 59.5 Å². The number of carbonyl (C=O) groups is 1. The Bertz CT molecular complexity index is 1090. The van der Waals surface area contributed by atoms with Gasteiger partial charge in [-0.25, -0.2) is 13.4 Å². The number of imidazole rings is 1. The summed E-state index contributed by atoms with van der Waals surface area (Å²) in [6.07, 6.45) is 0. The molecule has 2 aromatic carbocycles. The van der Waals surface area contributed by atoms with Gasteiger partial charge in [0.2, 0.25) is 15.9 Å². The number of hydrogen-bond donors (Lipinski definition) is 1. The van der Waals surface area contributed by atoms with E-state index in [-0.39, 0.29) is 11.2 Å². The van der Waals surface area contributed by atoms with E-state index < -0.39 is 10.0 Å². The van der Waals surface area contributed by atoms with Crippen molar-refractivity contribution < 1.29 is 13.2 Å². The van der Waals surface area contributed by atoms with Gasteiger partial charge >= 0.3 is 0 Å². The maximum atomic E-state index is 12.7. The van der Waals surface area contributed by atoms with Crippen LogP contribution in [0.4, 0.5) is 0 Å². The molecule has 4 rings (SSSR count). The van der Waals surface area contributed by atoms with E-state index in [1.54, 1.807) is 35.2 Å². The first-order chi connectivity index (χ1) is 14.4. The maximum absolute atomic E-state index is 12.7. The summed E-state index contributed by atoms with van der Waals surface area (Å²) >= 11 is 1.53. The molecule has 9 heteroatoms. The minimum atomic E-state index is -3.51. The van der Waals surface area contributed by atoms with Crippen LogP contribution in [-0.2, 0) is 14.8 Å². The number of benzene rings is 2. The Morgan fingerprint density at radius 3 is 2.43 bits per heavy atom. The Kier molecular flexibility index (Phi) is 6.12. The Hall–Kier alpha value is -2.36. The number of hydrogen-bond acceptors (Lipinski definition) is 5. The van der Waals surface area contributed by atoms with Crippen LogP contribution in [0.25, 0.3) is 11.0 Å². The number of nitrogens with zero attached hydrogens (tertiary/aromatic N) is 3. The van der Waals surface area contributed by atoms with Gasteiger partial charge in [0.15, 0.2) is 0 Å². The molecule has 1 saturated heterocycles. The molecule has 7 nitrogen and oxygen atoms in total. The second-order valence-electron chi connectivity index (χ2n) is 7.19. The number of amides is 1. The normalized spacial score (nSPS) is 16.6. The minimum absolute atomic E-state index is 0.0275. The van der Waals surface area contributed by atoms with E-state index in [0.717, 1.165) is 16.9 Å². The summed E-state index contributed by atoms with van der Waals surface area (Å²) in [5.41, 5.74) is 1.91. The van der Waals surface area contributed by atoms with Gasteiger partial charge in [-0.3, -0.25) is 4.79 Å². The molecule has 3 aromatic rings. The lowest BCUT2D eigenvalue weighted by Gasteiger charge is -2.34. The van der Waals surface area contributed by atoms with Crippen LogP contribution in [0.1, 0.15) is 18.0 Å². The summed E-state index contributed by atoms with van der Waals surface area (Å²) in [6, 6.07) is 16.3. The first kappa shape index (κ1) is 20.9. The average Bonchev–Trinajstić information content (AvgIpc) is 3.22. The Morgan fingerprint density at radius 2 is 1.73 bits per heavy atom. The van der Waals surface area contributed by atoms with Gasteiger partial charge in [-0.15, -0.1) is 11.8 Å². The molecule has 0 aliphatic carbocycles. The van der Waals surface area contributed by atoms with Crippen LogP contribution in [0.5, 0.6) is 0 Å². The summed E-state index contributed by atoms with van der Waals surface area (Å²) < 4.78 is 26.9. The highest BCUT2D eigenvalue weighted by molar-refractivity contribution is 8.00. The molecular weight excluding hydrogens is 420 g/mol. The molecule has 1 aliphatic rings. The second-order valence-corrected chi connectivity index (χ2v) is 10.5. The Balaban J connectivity index is 1.30. The third kappa shape index (κ3) is 4.38. The van der Waals surface area contributed by atoms with E-state index in [0.29, 0.717) is 36.8 Å². The lowest BCUT2D eigenvalue weighted by molar-refractivity contribution is -0.129. The minimum Gasteiger partial charge on any atom is -0.341 e. The first-order valence-electron chi connectivity index (χ1n) is 9.84. The largest absolute Gasteiger partial charge is 0.341 e. The standard InChI is InChI=1S/C21H24N4O3S2/c1-16(21-22-18-9-5-6-10-19(18)23-21)29-15-20(26)24-11-13-25(14-12-24)30(27,28)17-7-3-2-4-8-17/h2-10,16H,11-15H2,1H3,(H,22,23)/t16-/m0/s1. The summed E-state index contributed by atoms with van der Waals surface area (Å²) in [5, 5.41) is 0.0566. The van der Waals surface area contributed by atoms with Crippen molar-refractivity contribution in [2.75, 3.05) is 31.9 Å². The number of aromatic amines is 1. The predicted molar refractivity (Wildman–Crippen MR) is 119 cm³/mol. The topological polar surface area (TPSA) is 86.4 Å². The fraction of sp³-hybridized carbons (Fsp3) is 0.333. The van der Waals surface area contributed by atoms with Crippen molar-refractivity contribution in [1.82, 2.24) is 19.2 Å². The fourth-order valence-electron chi connectivity index (χ4n) is 3.45. The second kappa shape index (κ2) is 8.79. The zero-order valence-corrected chi connectivity index (χ0v) is 18.3. The van der Waals surface area contributed by atoms with E-state index in [4.69, 9.17) is 0 Å². The summed E-state index contributed by atoms with van der Waals surface area (Å²) in [6.45, 7) is 3.47. The third-order valence-corrected chi connectivity index (χ3v) is 8.27. The van der Waals surface area contributed by atoms with Crippen molar-refractivity contribution in [2.24, 2.45) is 0 Å². The third-order valence-electron chi connectivity index (χ3n) is 5.22. The maximum Gasteiger partial charge on any atom is 0.243 e. The van der Waals surface area contributed by atoms with Gasteiger partial charge in [0.25, 0.3) is 0 Å². The summed E-state index contributed by atoms with van der Waals surface area (Å²) in [4.78, 5) is 22.6. The predicted octanol–water partition coefficient (Wildman–Crippen LogP) is 2.89. The van der Waals surface area contributed by atoms with Crippen LogP contribution >= 0.6 is 11.8 Å². The van der Waals surface area contributed by atoms with Gasteiger partial charge in [-0.05, 0) is 31.2 Å². The summed E-state index contributed by atoms with van der Waals surface area (Å²) in [5.74, 6) is 1.22. The van der Waals surface area contributed by atoms with E-state index in [1.807, 2.05) is 31.2 Å². The van der Waals surface area contributed by atoms with E-state index >= 15 is 0 Å². The first-order valence-corrected chi connectivity index (χ1v) is 12.3. The molecular formula is C21H24N4O3S2. The molecule has 1 amide bonds. The number of piperazine rings is 1. The SMILES string of the molecule is C[C@H](SCC(=O)N1CCN(S(=O)(=O)c2ccccc2)CC1)c1nc2ccccc2[nH]1. The van der Waals surface area contributed by atoms with E-state index in [9.17, 15) is 13.2 Å². The summed E-state index contributed by atoms with van der Waals surface area (Å²) in [7, 11) is -3.51. The zero-order chi connectivity index (χ0) is 21.1. The highest BCUT2D eigenvalue weighted by Gasteiger charge is 2.30. The van der Waals surface area contributed by atoms with Crippen molar-refractivity contribution >= 4 is 38.7 Å². The van der Waals surface area contributed by atoms with Gasteiger partial charge in [-0.2, -0.15) is 4.31 Å². The molecule has 158 valence electrons. The Morgan fingerprint density at radius 1 is 1.07 bits per heavy atom. The lowest BCUT2D eigenvalue weighted by Crippen LogP contribution is -2.51. The average molecular weight is 445 g/mol. The van der Waals surface area contributed by atoms with Crippen LogP contribution < -0.4 is 0 Å². The quantitative estimate of drug-likeness (QED) is 0.632. The molecule has 0 radical (unpaired) electrons. The number of carbonyl (C=O) groups excluding carboxylic acids is 1.